The summed E-state index contributed by atoms with van der Waals surface area (Å²) in [7, 11) is 0. The molecule has 0 spiro atoms. The van der Waals surface area contributed by atoms with E-state index in [0.29, 0.717) is 29.8 Å². The molecule has 4 aromatic rings. The average Bonchev–Trinajstić information content (AvgIpc) is 3.53. The summed E-state index contributed by atoms with van der Waals surface area (Å²) in [6, 6.07) is 3.56. The Morgan fingerprint density at radius 3 is 2.97 bits per heavy atom. The Hall–Kier alpha value is -2.39. The van der Waals surface area contributed by atoms with E-state index in [1.54, 1.807) is 29.7 Å². The minimum atomic E-state index is 0.102. The van der Waals surface area contributed by atoms with Crippen LogP contribution >= 0.6 is 23.1 Å². The molecule has 0 aliphatic heterocycles. The Labute approximate surface area is 187 Å². The first-order chi connectivity index (χ1) is 15.2. The number of nitrogens with zero attached hydrogens (tertiary/aromatic N) is 4. The van der Waals surface area contributed by atoms with Gasteiger partial charge in [-0.05, 0) is 49.8 Å². The molecule has 0 saturated heterocycles. The lowest BCUT2D eigenvalue weighted by Crippen LogP contribution is -2.24. The number of furan rings is 1. The molecule has 0 unspecified atom stereocenters. The van der Waals surface area contributed by atoms with Gasteiger partial charge < -0.3 is 8.83 Å². The van der Waals surface area contributed by atoms with Crippen LogP contribution < -0.4 is 5.56 Å². The van der Waals surface area contributed by atoms with E-state index in [2.05, 4.69) is 17.1 Å². The van der Waals surface area contributed by atoms with Crippen molar-refractivity contribution in [2.45, 2.75) is 69.3 Å². The Balaban J connectivity index is 1.46. The van der Waals surface area contributed by atoms with E-state index in [9.17, 15) is 4.79 Å². The molecule has 0 amide bonds. The Morgan fingerprint density at radius 1 is 1.23 bits per heavy atom. The molecule has 0 fully saturated rings. The zero-order chi connectivity index (χ0) is 21.2. The Morgan fingerprint density at radius 2 is 2.13 bits per heavy atom. The number of aromatic nitrogens is 4. The first kappa shape index (κ1) is 20.5. The van der Waals surface area contributed by atoms with Gasteiger partial charge in [-0.3, -0.25) is 9.36 Å². The summed E-state index contributed by atoms with van der Waals surface area (Å²) >= 11 is 3.16. The van der Waals surface area contributed by atoms with Crippen molar-refractivity contribution in [1.29, 1.82) is 0 Å². The first-order valence-corrected chi connectivity index (χ1v) is 12.6. The molecule has 0 N–H and O–H groups in total. The molecule has 162 valence electrons. The summed E-state index contributed by atoms with van der Waals surface area (Å²) in [4.78, 5) is 20.6. The van der Waals surface area contributed by atoms with Crippen LogP contribution in [0.15, 0.2) is 37.2 Å². The van der Waals surface area contributed by atoms with Gasteiger partial charge in [-0.2, -0.15) is 0 Å². The molecule has 0 bridgehead atoms. The van der Waals surface area contributed by atoms with Crippen molar-refractivity contribution in [1.82, 2.24) is 19.7 Å². The summed E-state index contributed by atoms with van der Waals surface area (Å²) in [5, 5.41) is 9.75. The predicted octanol–water partition coefficient (Wildman–Crippen LogP) is 5.46. The van der Waals surface area contributed by atoms with Crippen LogP contribution in [-0.4, -0.2) is 19.7 Å². The third-order valence-electron chi connectivity index (χ3n) is 5.55. The number of fused-ring (bicyclic) bond motifs is 3. The maximum atomic E-state index is 13.5. The van der Waals surface area contributed by atoms with Gasteiger partial charge >= 0.3 is 0 Å². The normalized spacial score (nSPS) is 13.7. The highest BCUT2D eigenvalue weighted by Gasteiger charge is 2.22. The number of hydrogen-bond acceptors (Lipinski definition) is 8. The monoisotopic (exact) mass is 456 g/mol. The SMILES string of the molecule is CCCCCn1c(SCc2nnc(-c3ccco3)o2)nc2sc3c(c2c1=O)CCCC3. The molecule has 5 rings (SSSR count). The second-order valence-corrected chi connectivity index (χ2v) is 9.74. The van der Waals surface area contributed by atoms with E-state index < -0.39 is 0 Å². The van der Waals surface area contributed by atoms with Gasteiger partial charge in [0, 0.05) is 11.4 Å². The summed E-state index contributed by atoms with van der Waals surface area (Å²) < 4.78 is 12.9. The van der Waals surface area contributed by atoms with Crippen LogP contribution in [0.3, 0.4) is 0 Å². The fourth-order valence-electron chi connectivity index (χ4n) is 3.99. The summed E-state index contributed by atoms with van der Waals surface area (Å²) in [5.74, 6) is 1.83. The molecule has 4 aromatic heterocycles. The highest BCUT2D eigenvalue weighted by atomic mass is 32.2. The second-order valence-electron chi connectivity index (χ2n) is 7.72. The van der Waals surface area contributed by atoms with Crippen molar-refractivity contribution in [2.24, 2.45) is 0 Å². The Kier molecular flexibility index (Phi) is 5.95. The van der Waals surface area contributed by atoms with Gasteiger partial charge in [0.15, 0.2) is 10.9 Å². The van der Waals surface area contributed by atoms with Crippen LogP contribution in [0.2, 0.25) is 0 Å². The van der Waals surface area contributed by atoms with Gasteiger partial charge in [-0.1, -0.05) is 31.5 Å². The van der Waals surface area contributed by atoms with Crippen LogP contribution in [0, 0.1) is 0 Å². The number of rotatable bonds is 8. The van der Waals surface area contributed by atoms with Crippen LogP contribution in [-0.2, 0) is 25.1 Å². The standard InChI is InChI=1S/C22H24N4O3S2/c1-2-3-6-11-26-21(27)18-14-8-4-5-10-16(14)31-20(18)23-22(26)30-13-17-24-25-19(29-17)15-9-7-12-28-15/h7,9,12H,2-6,8,10-11,13H2,1H3. The summed E-state index contributed by atoms with van der Waals surface area (Å²) in [6.07, 6.45) is 9.14. The fourth-order valence-corrected chi connectivity index (χ4v) is 6.15. The van der Waals surface area contributed by atoms with Gasteiger partial charge in [-0.25, -0.2) is 4.98 Å². The minimum absolute atomic E-state index is 0.102. The predicted molar refractivity (Wildman–Crippen MR) is 122 cm³/mol. The number of hydrogen-bond donors (Lipinski definition) is 0. The van der Waals surface area contributed by atoms with E-state index in [4.69, 9.17) is 13.8 Å². The van der Waals surface area contributed by atoms with Crippen LogP contribution in [0.5, 0.6) is 0 Å². The van der Waals surface area contributed by atoms with E-state index in [1.165, 1.54) is 28.6 Å². The zero-order valence-corrected chi connectivity index (χ0v) is 19.1. The molecule has 1 aliphatic carbocycles. The molecule has 0 saturated carbocycles. The lowest BCUT2D eigenvalue weighted by atomic mass is 9.97. The molecule has 9 heteroatoms. The smallest absolute Gasteiger partial charge is 0.283 e. The molecule has 0 atom stereocenters. The number of unbranched alkanes of at least 4 members (excludes halogenated alkanes) is 2. The molecule has 0 radical (unpaired) electrons. The van der Waals surface area contributed by atoms with E-state index in [0.717, 1.165) is 53.9 Å². The highest BCUT2D eigenvalue weighted by molar-refractivity contribution is 7.98. The molecular formula is C22H24N4O3S2. The zero-order valence-electron chi connectivity index (χ0n) is 17.4. The highest BCUT2D eigenvalue weighted by Crippen LogP contribution is 2.35. The van der Waals surface area contributed by atoms with Crippen molar-refractivity contribution in [2.75, 3.05) is 0 Å². The van der Waals surface area contributed by atoms with Crippen LogP contribution in [0.1, 0.15) is 55.4 Å². The molecule has 31 heavy (non-hydrogen) atoms. The van der Waals surface area contributed by atoms with Crippen molar-refractivity contribution in [3.63, 3.8) is 0 Å². The molecule has 4 heterocycles. The van der Waals surface area contributed by atoms with Gasteiger partial charge in [0.05, 0.1) is 17.4 Å². The van der Waals surface area contributed by atoms with Crippen LogP contribution in [0.25, 0.3) is 21.9 Å². The third-order valence-corrected chi connectivity index (χ3v) is 7.70. The molecule has 0 aromatic carbocycles. The van der Waals surface area contributed by atoms with Gasteiger partial charge in [-0.15, -0.1) is 21.5 Å². The van der Waals surface area contributed by atoms with Crippen molar-refractivity contribution in [3.8, 4) is 11.7 Å². The topological polar surface area (TPSA) is 86.9 Å². The van der Waals surface area contributed by atoms with Gasteiger partial charge in [0.1, 0.15) is 4.83 Å². The number of thiophene rings is 1. The van der Waals surface area contributed by atoms with Crippen molar-refractivity contribution in [3.05, 3.63) is 45.1 Å². The maximum absolute atomic E-state index is 13.5. The quantitative estimate of drug-likeness (QED) is 0.198. The Bertz CT molecular complexity index is 1240. The summed E-state index contributed by atoms with van der Waals surface area (Å²) in [6.45, 7) is 2.85. The lowest BCUT2D eigenvalue weighted by Gasteiger charge is -2.13. The van der Waals surface area contributed by atoms with Gasteiger partial charge in [0.25, 0.3) is 11.4 Å². The third kappa shape index (κ3) is 4.08. The molecular weight excluding hydrogens is 432 g/mol. The van der Waals surface area contributed by atoms with E-state index >= 15 is 0 Å². The first-order valence-electron chi connectivity index (χ1n) is 10.8. The summed E-state index contributed by atoms with van der Waals surface area (Å²) in [5.41, 5.74) is 1.34. The minimum Gasteiger partial charge on any atom is -0.459 e. The largest absolute Gasteiger partial charge is 0.459 e. The number of aryl methyl sites for hydroxylation is 2. The molecule has 7 nitrogen and oxygen atoms in total. The van der Waals surface area contributed by atoms with E-state index in [1.807, 2.05) is 4.57 Å². The van der Waals surface area contributed by atoms with Crippen molar-refractivity contribution >= 4 is 33.3 Å². The fraction of sp³-hybridized carbons (Fsp3) is 0.455. The molecule has 1 aliphatic rings. The maximum Gasteiger partial charge on any atom is 0.283 e. The average molecular weight is 457 g/mol. The van der Waals surface area contributed by atoms with Crippen LogP contribution in [0.4, 0.5) is 0 Å². The second kappa shape index (κ2) is 9.00. The van der Waals surface area contributed by atoms with E-state index in [-0.39, 0.29) is 5.56 Å². The number of thioether (sulfide) groups is 1. The lowest BCUT2D eigenvalue weighted by molar-refractivity contribution is 0.493. The van der Waals surface area contributed by atoms with Gasteiger partial charge in [0.2, 0.25) is 5.89 Å². The van der Waals surface area contributed by atoms with Crippen molar-refractivity contribution < 1.29 is 8.83 Å².